The normalized spacial score (nSPS) is 38.5. The average Bonchev–Trinajstić information content (AvgIpc) is 2.45. The summed E-state index contributed by atoms with van der Waals surface area (Å²) in [6, 6.07) is 6.29. The van der Waals surface area contributed by atoms with E-state index in [1.54, 1.807) is 7.11 Å². The van der Waals surface area contributed by atoms with Gasteiger partial charge in [0.25, 0.3) is 0 Å². The smallest absolute Gasteiger partial charge is 0.137 e. The van der Waals surface area contributed by atoms with Crippen LogP contribution < -0.4 is 4.74 Å². The van der Waals surface area contributed by atoms with Crippen molar-refractivity contribution < 1.29 is 4.74 Å². The second kappa shape index (κ2) is 5.16. The summed E-state index contributed by atoms with van der Waals surface area (Å²) in [5.41, 5.74) is 1.79. The van der Waals surface area contributed by atoms with E-state index in [4.69, 9.17) is 16.3 Å². The SMILES string of the molecule is COc1ccc(C(Br)C23CC4CC(CC(C4)C2)C3)cc1Cl. The summed E-state index contributed by atoms with van der Waals surface area (Å²) in [4.78, 5) is 0.432. The number of benzene rings is 1. The quantitative estimate of drug-likeness (QED) is 0.594. The summed E-state index contributed by atoms with van der Waals surface area (Å²) in [7, 11) is 1.67. The molecular weight excluding hydrogens is 348 g/mol. The number of hydrogen-bond acceptors (Lipinski definition) is 1. The topological polar surface area (TPSA) is 9.23 Å². The van der Waals surface area contributed by atoms with E-state index in [0.717, 1.165) is 28.5 Å². The molecule has 4 saturated carbocycles. The molecule has 4 bridgehead atoms. The highest BCUT2D eigenvalue weighted by molar-refractivity contribution is 9.09. The Labute approximate surface area is 140 Å². The first-order chi connectivity index (χ1) is 10.1. The maximum Gasteiger partial charge on any atom is 0.137 e. The molecule has 4 aliphatic rings. The summed E-state index contributed by atoms with van der Waals surface area (Å²) in [6.07, 6.45) is 8.67. The molecule has 0 saturated heterocycles. The highest BCUT2D eigenvalue weighted by Crippen LogP contribution is 2.66. The highest BCUT2D eigenvalue weighted by atomic mass is 79.9. The van der Waals surface area contributed by atoms with Gasteiger partial charge in [0, 0.05) is 4.83 Å². The van der Waals surface area contributed by atoms with Crippen molar-refractivity contribution in [3.05, 3.63) is 28.8 Å². The molecule has 3 heteroatoms. The van der Waals surface area contributed by atoms with Crippen LogP contribution in [0.5, 0.6) is 5.75 Å². The van der Waals surface area contributed by atoms with Crippen molar-refractivity contribution in [1.82, 2.24) is 0 Å². The molecule has 4 fully saturated rings. The van der Waals surface area contributed by atoms with Gasteiger partial charge in [0.1, 0.15) is 5.75 Å². The van der Waals surface area contributed by atoms with E-state index in [0.29, 0.717) is 10.2 Å². The fourth-order valence-corrected chi connectivity index (χ4v) is 6.79. The molecule has 0 radical (unpaired) electrons. The molecular formula is C18H22BrClO. The van der Waals surface area contributed by atoms with Crippen LogP contribution in [0, 0.1) is 23.2 Å². The molecule has 114 valence electrons. The van der Waals surface area contributed by atoms with Crippen molar-refractivity contribution in [2.75, 3.05) is 7.11 Å². The zero-order chi connectivity index (χ0) is 14.6. The molecule has 1 nitrogen and oxygen atoms in total. The first-order valence-corrected chi connectivity index (χ1v) is 9.36. The number of methoxy groups -OCH3 is 1. The van der Waals surface area contributed by atoms with Crippen molar-refractivity contribution in [2.45, 2.75) is 43.4 Å². The van der Waals surface area contributed by atoms with E-state index < -0.39 is 0 Å². The van der Waals surface area contributed by atoms with Crippen molar-refractivity contribution in [3.8, 4) is 5.75 Å². The van der Waals surface area contributed by atoms with Gasteiger partial charge in [-0.1, -0.05) is 33.6 Å². The van der Waals surface area contributed by atoms with Gasteiger partial charge in [0.05, 0.1) is 12.1 Å². The van der Waals surface area contributed by atoms with E-state index in [9.17, 15) is 0 Å². The summed E-state index contributed by atoms with van der Waals surface area (Å²) >= 11 is 10.4. The van der Waals surface area contributed by atoms with E-state index in [1.807, 2.05) is 6.07 Å². The Bertz CT molecular complexity index is 521. The van der Waals surface area contributed by atoms with Crippen LogP contribution >= 0.6 is 27.5 Å². The van der Waals surface area contributed by atoms with Crippen LogP contribution in [0.4, 0.5) is 0 Å². The Balaban J connectivity index is 1.65. The third-order valence-corrected chi connectivity index (χ3v) is 7.89. The molecule has 0 spiro atoms. The minimum Gasteiger partial charge on any atom is -0.495 e. The van der Waals surface area contributed by atoms with Crippen LogP contribution in [0.1, 0.15) is 48.9 Å². The molecule has 1 aromatic rings. The van der Waals surface area contributed by atoms with Crippen molar-refractivity contribution >= 4 is 27.5 Å². The van der Waals surface area contributed by atoms with Gasteiger partial charge in [-0.2, -0.15) is 0 Å². The molecule has 4 aliphatic carbocycles. The maximum absolute atomic E-state index is 6.34. The van der Waals surface area contributed by atoms with E-state index in [-0.39, 0.29) is 0 Å². The maximum atomic E-state index is 6.34. The van der Waals surface area contributed by atoms with Gasteiger partial charge in [0.15, 0.2) is 0 Å². The third-order valence-electron chi connectivity index (χ3n) is 6.09. The molecule has 0 amide bonds. The lowest BCUT2D eigenvalue weighted by molar-refractivity contribution is -0.0528. The van der Waals surface area contributed by atoms with E-state index in [2.05, 4.69) is 28.1 Å². The molecule has 1 atom stereocenters. The number of rotatable bonds is 3. The second-order valence-electron chi connectivity index (χ2n) is 7.54. The minimum absolute atomic E-state index is 0.432. The lowest BCUT2D eigenvalue weighted by Crippen LogP contribution is -2.47. The fourth-order valence-electron chi connectivity index (χ4n) is 5.68. The minimum atomic E-state index is 0.432. The zero-order valence-electron chi connectivity index (χ0n) is 12.4. The Morgan fingerprint density at radius 3 is 2.19 bits per heavy atom. The monoisotopic (exact) mass is 368 g/mol. The molecule has 1 unspecified atom stereocenters. The first-order valence-electron chi connectivity index (χ1n) is 8.07. The number of alkyl halides is 1. The van der Waals surface area contributed by atoms with E-state index in [1.165, 1.54) is 44.1 Å². The standard InChI is InChI=1S/C18H22BrClO/c1-21-16-3-2-14(7-15(16)20)17(19)18-8-11-4-12(9-18)6-13(5-11)10-18/h2-3,7,11-13,17H,4-6,8-10H2,1H3. The van der Waals surface area contributed by atoms with Crippen LogP contribution in [0.2, 0.25) is 5.02 Å². The van der Waals surface area contributed by atoms with E-state index >= 15 is 0 Å². The average molecular weight is 370 g/mol. The van der Waals surface area contributed by atoms with Crippen LogP contribution in [-0.4, -0.2) is 7.11 Å². The van der Waals surface area contributed by atoms with Gasteiger partial charge in [0.2, 0.25) is 0 Å². The Morgan fingerprint density at radius 2 is 1.71 bits per heavy atom. The van der Waals surface area contributed by atoms with Crippen molar-refractivity contribution in [2.24, 2.45) is 23.2 Å². The van der Waals surface area contributed by atoms with Gasteiger partial charge in [-0.05, 0) is 79.4 Å². The van der Waals surface area contributed by atoms with Crippen LogP contribution in [0.15, 0.2) is 18.2 Å². The van der Waals surface area contributed by atoms with Crippen molar-refractivity contribution in [3.63, 3.8) is 0 Å². The summed E-state index contributed by atoms with van der Waals surface area (Å²) in [5, 5.41) is 0.726. The van der Waals surface area contributed by atoms with Crippen LogP contribution in [0.3, 0.4) is 0 Å². The zero-order valence-corrected chi connectivity index (χ0v) is 14.8. The van der Waals surface area contributed by atoms with Crippen molar-refractivity contribution in [1.29, 1.82) is 0 Å². The molecule has 0 aromatic heterocycles. The fraction of sp³-hybridized carbons (Fsp3) is 0.667. The van der Waals surface area contributed by atoms with Crippen LogP contribution in [0.25, 0.3) is 0 Å². The molecule has 0 heterocycles. The largest absolute Gasteiger partial charge is 0.495 e. The van der Waals surface area contributed by atoms with Gasteiger partial charge in [-0.25, -0.2) is 0 Å². The van der Waals surface area contributed by atoms with Gasteiger partial charge in [-0.3, -0.25) is 0 Å². The van der Waals surface area contributed by atoms with Gasteiger partial charge in [-0.15, -0.1) is 0 Å². The third kappa shape index (κ3) is 2.34. The Morgan fingerprint density at radius 1 is 1.14 bits per heavy atom. The first kappa shape index (κ1) is 14.4. The Kier molecular flexibility index (Phi) is 3.54. The lowest BCUT2D eigenvalue weighted by Gasteiger charge is -2.58. The predicted octanol–water partition coefficient (Wildman–Crippen LogP) is 6.00. The summed E-state index contributed by atoms with van der Waals surface area (Å²) in [6.45, 7) is 0. The van der Waals surface area contributed by atoms with Gasteiger partial charge >= 0.3 is 0 Å². The highest BCUT2D eigenvalue weighted by Gasteiger charge is 2.53. The van der Waals surface area contributed by atoms with Crippen LogP contribution in [-0.2, 0) is 0 Å². The second-order valence-corrected chi connectivity index (χ2v) is 8.86. The van der Waals surface area contributed by atoms with Gasteiger partial charge < -0.3 is 4.74 Å². The molecule has 5 rings (SSSR count). The molecule has 0 N–H and O–H groups in total. The number of ether oxygens (including phenoxy) is 1. The predicted molar refractivity (Wildman–Crippen MR) is 90.3 cm³/mol. The summed E-state index contributed by atoms with van der Waals surface area (Å²) in [5.74, 6) is 3.70. The number of halogens is 2. The molecule has 1 aromatic carbocycles. The lowest BCUT2D eigenvalue weighted by atomic mass is 9.48. The Hall–Kier alpha value is -0.210. The molecule has 0 aliphatic heterocycles. The molecule has 21 heavy (non-hydrogen) atoms. The summed E-state index contributed by atoms with van der Waals surface area (Å²) < 4.78 is 5.28. The number of hydrogen-bond donors (Lipinski definition) is 0.